The van der Waals surface area contributed by atoms with Crippen LogP contribution in [-0.2, 0) is 19.0 Å². The predicted molar refractivity (Wildman–Crippen MR) is 46.0 cm³/mol. The van der Waals surface area contributed by atoms with Gasteiger partial charge in [0.1, 0.15) is 6.10 Å². The quantitative estimate of drug-likeness (QED) is 0.200. The molecule has 2 unspecified atom stereocenters. The van der Waals surface area contributed by atoms with Crippen LogP contribution in [0.4, 0.5) is 0 Å². The van der Waals surface area contributed by atoms with Gasteiger partial charge in [-0.3, -0.25) is 0 Å². The molecule has 2 atom stereocenters. The topological polar surface area (TPSA) is 48.1 Å². The third kappa shape index (κ3) is 3.87. The maximum atomic E-state index is 10.7. The van der Waals surface area contributed by atoms with Crippen LogP contribution in [0.1, 0.15) is 0 Å². The summed E-state index contributed by atoms with van der Waals surface area (Å²) in [5.74, 6) is -0.526. The van der Waals surface area contributed by atoms with E-state index in [2.05, 4.69) is 13.2 Å². The number of carbonyl (C=O) groups is 1. The fourth-order valence-electron chi connectivity index (χ4n) is 0.679. The predicted octanol–water partition coefficient (Wildman–Crippen LogP) is 0.643. The lowest BCUT2D eigenvalue weighted by Gasteiger charge is -2.12. The van der Waals surface area contributed by atoms with Gasteiger partial charge in [0.25, 0.3) is 0 Å². The van der Waals surface area contributed by atoms with Gasteiger partial charge >= 0.3 is 5.97 Å². The third-order valence-corrected chi connectivity index (χ3v) is 1.44. The first-order valence-electron chi connectivity index (χ1n) is 3.95. The average Bonchev–Trinajstić information content (AvgIpc) is 2.95. The van der Waals surface area contributed by atoms with E-state index < -0.39 is 12.3 Å². The normalized spacial score (nSPS) is 21.7. The molecule has 0 aromatic heterocycles. The summed E-state index contributed by atoms with van der Waals surface area (Å²) in [5, 5.41) is 0. The summed E-state index contributed by atoms with van der Waals surface area (Å²) < 4.78 is 14.8. The monoisotopic (exact) mass is 184 g/mol. The van der Waals surface area contributed by atoms with Crippen LogP contribution in [-0.4, -0.2) is 31.6 Å². The molecule has 1 saturated heterocycles. The summed E-state index contributed by atoms with van der Waals surface area (Å²) in [5.41, 5.74) is 0. The van der Waals surface area contributed by atoms with E-state index in [0.29, 0.717) is 13.2 Å². The smallest absolute Gasteiger partial charge is 0.332 e. The van der Waals surface area contributed by atoms with Crippen molar-refractivity contribution in [3.63, 3.8) is 0 Å². The van der Waals surface area contributed by atoms with Crippen molar-refractivity contribution in [1.29, 1.82) is 0 Å². The van der Waals surface area contributed by atoms with Gasteiger partial charge in [-0.2, -0.15) is 0 Å². The van der Waals surface area contributed by atoms with Crippen molar-refractivity contribution in [1.82, 2.24) is 0 Å². The Labute approximate surface area is 76.8 Å². The molecule has 0 saturated carbocycles. The number of ether oxygens (including phenoxy) is 3. The second kappa shape index (κ2) is 4.79. The zero-order valence-electron chi connectivity index (χ0n) is 7.27. The molecule has 0 aliphatic carbocycles. The van der Waals surface area contributed by atoms with Crippen LogP contribution in [0.15, 0.2) is 25.3 Å². The first-order valence-corrected chi connectivity index (χ1v) is 3.95. The number of hydrogen-bond donors (Lipinski definition) is 0. The van der Waals surface area contributed by atoms with Gasteiger partial charge < -0.3 is 14.2 Å². The van der Waals surface area contributed by atoms with Gasteiger partial charge in [-0.25, -0.2) is 4.79 Å². The molecule has 0 spiro atoms. The minimum atomic E-state index is -0.713. The molecule has 1 rings (SSSR count). The highest BCUT2D eigenvalue weighted by molar-refractivity contribution is 5.81. The first-order chi connectivity index (χ1) is 6.26. The average molecular weight is 184 g/mol. The van der Waals surface area contributed by atoms with Crippen LogP contribution in [0.25, 0.3) is 0 Å². The van der Waals surface area contributed by atoms with Crippen molar-refractivity contribution in [3.8, 4) is 0 Å². The fraction of sp³-hybridized carbons (Fsp3) is 0.444. The molecule has 1 aliphatic rings. The van der Waals surface area contributed by atoms with E-state index in [-0.39, 0.29) is 6.10 Å². The Morgan fingerprint density at radius 2 is 2.38 bits per heavy atom. The maximum absolute atomic E-state index is 10.7. The zero-order valence-corrected chi connectivity index (χ0v) is 7.27. The molecule has 0 aromatic carbocycles. The number of hydrogen-bond acceptors (Lipinski definition) is 4. The number of epoxide rings is 1. The van der Waals surface area contributed by atoms with E-state index in [4.69, 9.17) is 14.2 Å². The van der Waals surface area contributed by atoms with Crippen LogP contribution in [0.3, 0.4) is 0 Å². The van der Waals surface area contributed by atoms with Crippen LogP contribution in [0, 0.1) is 0 Å². The zero-order chi connectivity index (χ0) is 9.68. The molecule has 0 bridgehead atoms. The standard InChI is InChI=1S/C9H12O4/c1-3-8(10)13-9(4-2)12-6-7-5-11-7/h3-4,7,9H,1-2,5-6H2. The van der Waals surface area contributed by atoms with Gasteiger partial charge in [-0.05, 0) is 6.08 Å². The Hall–Kier alpha value is -1.13. The lowest BCUT2D eigenvalue weighted by molar-refractivity contribution is -0.163. The molecule has 1 heterocycles. The summed E-state index contributed by atoms with van der Waals surface area (Å²) in [7, 11) is 0. The molecule has 0 N–H and O–H groups in total. The number of carbonyl (C=O) groups excluding carboxylic acids is 1. The summed E-state index contributed by atoms with van der Waals surface area (Å²) >= 11 is 0. The van der Waals surface area contributed by atoms with Gasteiger partial charge in [0.2, 0.25) is 6.29 Å². The molecule has 0 radical (unpaired) electrons. The van der Waals surface area contributed by atoms with E-state index in [1.54, 1.807) is 0 Å². The highest BCUT2D eigenvalue weighted by atomic mass is 16.7. The highest BCUT2D eigenvalue weighted by Crippen LogP contribution is 2.10. The van der Waals surface area contributed by atoms with E-state index in [1.165, 1.54) is 6.08 Å². The highest BCUT2D eigenvalue weighted by Gasteiger charge is 2.24. The Bertz CT molecular complexity index is 208. The van der Waals surface area contributed by atoms with Gasteiger partial charge in [0.05, 0.1) is 13.2 Å². The van der Waals surface area contributed by atoms with Crippen molar-refractivity contribution in [2.24, 2.45) is 0 Å². The lowest BCUT2D eigenvalue weighted by Crippen LogP contribution is -2.20. The number of esters is 1. The van der Waals surface area contributed by atoms with Gasteiger partial charge in [0, 0.05) is 6.08 Å². The maximum Gasteiger partial charge on any atom is 0.332 e. The van der Waals surface area contributed by atoms with Gasteiger partial charge in [-0.15, -0.1) is 0 Å². The molecular formula is C9H12O4. The van der Waals surface area contributed by atoms with Crippen LogP contribution in [0.5, 0.6) is 0 Å². The molecule has 0 aromatic rings. The Balaban J connectivity index is 2.19. The molecule has 13 heavy (non-hydrogen) atoms. The lowest BCUT2D eigenvalue weighted by atomic mass is 10.5. The van der Waals surface area contributed by atoms with Crippen LogP contribution in [0.2, 0.25) is 0 Å². The summed E-state index contributed by atoms with van der Waals surface area (Å²) in [6.07, 6.45) is 1.91. The second-order valence-electron chi connectivity index (χ2n) is 2.53. The number of rotatable bonds is 6. The van der Waals surface area contributed by atoms with E-state index in [9.17, 15) is 4.79 Å². The van der Waals surface area contributed by atoms with Crippen molar-refractivity contribution in [2.75, 3.05) is 13.2 Å². The Morgan fingerprint density at radius 1 is 1.69 bits per heavy atom. The molecular weight excluding hydrogens is 172 g/mol. The first kappa shape index (κ1) is 9.95. The largest absolute Gasteiger partial charge is 0.429 e. The van der Waals surface area contributed by atoms with Gasteiger partial charge in [0.15, 0.2) is 0 Å². The molecule has 4 nitrogen and oxygen atoms in total. The van der Waals surface area contributed by atoms with Gasteiger partial charge in [-0.1, -0.05) is 13.2 Å². The molecule has 1 fully saturated rings. The Kier molecular flexibility index (Phi) is 3.67. The summed E-state index contributed by atoms with van der Waals surface area (Å²) in [6.45, 7) is 7.86. The molecule has 0 amide bonds. The van der Waals surface area contributed by atoms with Crippen LogP contribution >= 0.6 is 0 Å². The van der Waals surface area contributed by atoms with E-state index in [0.717, 1.165) is 6.08 Å². The van der Waals surface area contributed by atoms with E-state index >= 15 is 0 Å². The summed E-state index contributed by atoms with van der Waals surface area (Å²) in [4.78, 5) is 10.7. The van der Waals surface area contributed by atoms with Crippen molar-refractivity contribution >= 4 is 5.97 Å². The second-order valence-corrected chi connectivity index (χ2v) is 2.53. The molecule has 72 valence electrons. The molecule has 4 heteroatoms. The Morgan fingerprint density at radius 3 is 2.85 bits per heavy atom. The van der Waals surface area contributed by atoms with E-state index in [1.807, 2.05) is 0 Å². The van der Waals surface area contributed by atoms with Crippen molar-refractivity contribution in [3.05, 3.63) is 25.3 Å². The SMILES string of the molecule is C=CC(=O)OC(C=C)OCC1CO1. The minimum absolute atomic E-state index is 0.143. The van der Waals surface area contributed by atoms with Crippen molar-refractivity contribution in [2.45, 2.75) is 12.4 Å². The molecule has 1 aliphatic heterocycles. The summed E-state index contributed by atoms with van der Waals surface area (Å²) in [6, 6.07) is 0. The fourth-order valence-corrected chi connectivity index (χ4v) is 0.679. The van der Waals surface area contributed by atoms with Crippen LogP contribution < -0.4 is 0 Å². The third-order valence-electron chi connectivity index (χ3n) is 1.44. The van der Waals surface area contributed by atoms with Crippen molar-refractivity contribution < 1.29 is 19.0 Å². The minimum Gasteiger partial charge on any atom is -0.429 e.